The normalized spacial score (nSPS) is 10.9. The lowest BCUT2D eigenvalue weighted by Gasteiger charge is -2.18. The number of aromatic nitrogens is 1. The Morgan fingerprint density at radius 3 is 2.44 bits per heavy atom. The van der Waals surface area contributed by atoms with Crippen molar-refractivity contribution in [1.29, 1.82) is 0 Å². The molecule has 4 heteroatoms. The Morgan fingerprint density at radius 1 is 0.963 bits per heavy atom. The van der Waals surface area contributed by atoms with E-state index in [1.807, 2.05) is 42.5 Å². The summed E-state index contributed by atoms with van der Waals surface area (Å²) in [6.45, 7) is 2.29. The number of benzene rings is 3. The molecule has 0 spiro atoms. The zero-order chi connectivity index (χ0) is 18.8. The van der Waals surface area contributed by atoms with Crippen molar-refractivity contribution in [3.8, 4) is 11.3 Å². The van der Waals surface area contributed by atoms with Crippen LogP contribution in [0.3, 0.4) is 0 Å². The van der Waals surface area contributed by atoms with Gasteiger partial charge in [-0.15, -0.1) is 0 Å². The lowest BCUT2D eigenvalue weighted by molar-refractivity contribution is 0.0784. The summed E-state index contributed by atoms with van der Waals surface area (Å²) in [7, 11) is 1.80. The maximum atomic E-state index is 13.1. The second-order valence-corrected chi connectivity index (χ2v) is 6.67. The summed E-state index contributed by atoms with van der Waals surface area (Å²) in [5.74, 6) is 0.435. The zero-order valence-electron chi connectivity index (χ0n) is 15.3. The number of carbonyl (C=O) groups is 1. The zero-order valence-corrected chi connectivity index (χ0v) is 15.3. The van der Waals surface area contributed by atoms with E-state index in [4.69, 9.17) is 4.52 Å². The Bertz CT molecular complexity index is 1100. The molecule has 0 saturated heterocycles. The Kier molecular flexibility index (Phi) is 4.47. The van der Waals surface area contributed by atoms with Gasteiger partial charge in [0.25, 0.3) is 5.91 Å². The molecule has 0 fully saturated rings. The molecule has 27 heavy (non-hydrogen) atoms. The lowest BCUT2D eigenvalue weighted by atomic mass is 10.0. The molecule has 0 atom stereocenters. The predicted molar refractivity (Wildman–Crippen MR) is 106 cm³/mol. The Hall–Kier alpha value is -3.40. The van der Waals surface area contributed by atoms with E-state index in [0.29, 0.717) is 23.6 Å². The van der Waals surface area contributed by atoms with E-state index in [1.54, 1.807) is 18.9 Å². The molecule has 0 unspecified atom stereocenters. The quantitative estimate of drug-likeness (QED) is 0.512. The number of fused-ring (bicyclic) bond motifs is 1. The van der Waals surface area contributed by atoms with Gasteiger partial charge in [-0.25, -0.2) is 0 Å². The van der Waals surface area contributed by atoms with E-state index in [2.05, 4.69) is 35.5 Å². The minimum Gasteiger partial charge on any atom is -0.360 e. The number of hydrogen-bond acceptors (Lipinski definition) is 3. The molecule has 0 saturated carbocycles. The third-order valence-electron chi connectivity index (χ3n) is 4.70. The van der Waals surface area contributed by atoms with E-state index in [9.17, 15) is 4.79 Å². The van der Waals surface area contributed by atoms with E-state index in [1.165, 1.54) is 10.8 Å². The molecule has 0 radical (unpaired) electrons. The van der Waals surface area contributed by atoms with E-state index >= 15 is 0 Å². The summed E-state index contributed by atoms with van der Waals surface area (Å²) in [5.41, 5.74) is 3.06. The topological polar surface area (TPSA) is 46.3 Å². The van der Waals surface area contributed by atoms with Crippen molar-refractivity contribution in [3.63, 3.8) is 0 Å². The highest BCUT2D eigenvalue weighted by Gasteiger charge is 2.24. The summed E-state index contributed by atoms with van der Waals surface area (Å²) in [6.07, 6.45) is 0. The molecule has 1 heterocycles. The van der Waals surface area contributed by atoms with E-state index in [-0.39, 0.29) is 5.91 Å². The highest BCUT2D eigenvalue weighted by molar-refractivity contribution is 6.00. The average Bonchev–Trinajstić information content (AvgIpc) is 3.09. The fourth-order valence-electron chi connectivity index (χ4n) is 3.29. The first-order valence-electron chi connectivity index (χ1n) is 8.88. The molecule has 0 aliphatic heterocycles. The molecule has 0 bridgehead atoms. The largest absolute Gasteiger partial charge is 0.360 e. The first kappa shape index (κ1) is 17.0. The van der Waals surface area contributed by atoms with Gasteiger partial charge >= 0.3 is 0 Å². The minimum absolute atomic E-state index is 0.0965. The third-order valence-corrected chi connectivity index (χ3v) is 4.70. The van der Waals surface area contributed by atoms with Gasteiger partial charge in [0, 0.05) is 19.2 Å². The van der Waals surface area contributed by atoms with E-state index < -0.39 is 0 Å². The first-order chi connectivity index (χ1) is 13.1. The number of aryl methyl sites for hydroxylation is 1. The fraction of sp³-hybridized carbons (Fsp3) is 0.130. The number of nitrogens with zero attached hydrogens (tertiary/aromatic N) is 2. The molecule has 1 amide bonds. The highest BCUT2D eigenvalue weighted by Crippen LogP contribution is 2.26. The van der Waals surface area contributed by atoms with Gasteiger partial charge in [-0.2, -0.15) is 0 Å². The highest BCUT2D eigenvalue weighted by atomic mass is 16.5. The van der Waals surface area contributed by atoms with Gasteiger partial charge in [-0.05, 0) is 29.3 Å². The summed E-state index contributed by atoms with van der Waals surface area (Å²) in [4.78, 5) is 14.8. The van der Waals surface area contributed by atoms with Crippen LogP contribution in [0.15, 0.2) is 77.3 Å². The SMILES string of the molecule is Cc1onc(-c2ccccc2)c1C(=O)N(C)Cc1ccc2ccccc2c1. The monoisotopic (exact) mass is 356 g/mol. The smallest absolute Gasteiger partial charge is 0.259 e. The molecule has 4 aromatic rings. The van der Waals surface area contributed by atoms with Crippen LogP contribution in [0, 0.1) is 6.92 Å². The van der Waals surface area contributed by atoms with Crippen LogP contribution in [0.1, 0.15) is 21.7 Å². The van der Waals surface area contributed by atoms with Crippen LogP contribution in [0.25, 0.3) is 22.0 Å². The van der Waals surface area contributed by atoms with Crippen molar-refractivity contribution in [2.75, 3.05) is 7.05 Å². The maximum Gasteiger partial charge on any atom is 0.259 e. The average molecular weight is 356 g/mol. The maximum absolute atomic E-state index is 13.1. The van der Waals surface area contributed by atoms with Crippen LogP contribution in [0.4, 0.5) is 0 Å². The van der Waals surface area contributed by atoms with Crippen LogP contribution in [-0.4, -0.2) is 23.0 Å². The Morgan fingerprint density at radius 2 is 1.67 bits per heavy atom. The van der Waals surface area contributed by atoms with Crippen molar-refractivity contribution in [1.82, 2.24) is 10.1 Å². The van der Waals surface area contributed by atoms with Crippen molar-refractivity contribution in [2.24, 2.45) is 0 Å². The van der Waals surface area contributed by atoms with E-state index in [0.717, 1.165) is 11.1 Å². The fourth-order valence-corrected chi connectivity index (χ4v) is 3.29. The van der Waals surface area contributed by atoms with Gasteiger partial charge < -0.3 is 9.42 Å². The van der Waals surface area contributed by atoms with Gasteiger partial charge in [-0.1, -0.05) is 71.9 Å². The summed E-state index contributed by atoms with van der Waals surface area (Å²) >= 11 is 0. The summed E-state index contributed by atoms with van der Waals surface area (Å²) < 4.78 is 5.33. The molecule has 4 nitrogen and oxygen atoms in total. The Balaban J connectivity index is 1.62. The molecule has 4 rings (SSSR count). The Labute approximate surface area is 158 Å². The summed E-state index contributed by atoms with van der Waals surface area (Å²) in [5, 5.41) is 6.47. The van der Waals surface area contributed by atoms with Crippen LogP contribution in [0.2, 0.25) is 0 Å². The number of amides is 1. The molecule has 1 aromatic heterocycles. The van der Waals surface area contributed by atoms with Gasteiger partial charge in [0.1, 0.15) is 17.0 Å². The molecule has 0 N–H and O–H groups in total. The molecular formula is C23H20N2O2. The summed E-state index contributed by atoms with van der Waals surface area (Å²) in [6, 6.07) is 24.1. The van der Waals surface area contributed by atoms with Crippen molar-refractivity contribution < 1.29 is 9.32 Å². The molecule has 0 aliphatic carbocycles. The molecule has 134 valence electrons. The lowest BCUT2D eigenvalue weighted by Crippen LogP contribution is -2.27. The van der Waals surface area contributed by atoms with Gasteiger partial charge in [0.05, 0.1) is 0 Å². The molecule has 3 aromatic carbocycles. The molecule has 0 aliphatic rings. The van der Waals surface area contributed by atoms with Gasteiger partial charge in [-0.3, -0.25) is 4.79 Å². The van der Waals surface area contributed by atoms with Crippen LogP contribution >= 0.6 is 0 Å². The third kappa shape index (κ3) is 3.34. The van der Waals surface area contributed by atoms with Gasteiger partial charge in [0.2, 0.25) is 0 Å². The van der Waals surface area contributed by atoms with Crippen molar-refractivity contribution >= 4 is 16.7 Å². The second kappa shape index (κ2) is 7.08. The predicted octanol–water partition coefficient (Wildman–Crippen LogP) is 5.08. The minimum atomic E-state index is -0.0965. The number of hydrogen-bond donors (Lipinski definition) is 0. The van der Waals surface area contributed by atoms with Crippen LogP contribution < -0.4 is 0 Å². The van der Waals surface area contributed by atoms with Crippen molar-refractivity contribution in [2.45, 2.75) is 13.5 Å². The van der Waals surface area contributed by atoms with Crippen LogP contribution in [0.5, 0.6) is 0 Å². The standard InChI is InChI=1S/C23H20N2O2/c1-16-21(22(24-27-16)19-9-4-3-5-10-19)23(26)25(2)15-17-12-13-18-8-6-7-11-20(18)14-17/h3-14H,15H2,1-2H3. The molecular weight excluding hydrogens is 336 g/mol. The number of rotatable bonds is 4. The second-order valence-electron chi connectivity index (χ2n) is 6.67. The first-order valence-corrected chi connectivity index (χ1v) is 8.88. The van der Waals surface area contributed by atoms with Crippen molar-refractivity contribution in [3.05, 3.63) is 89.7 Å². The van der Waals surface area contributed by atoms with Gasteiger partial charge in [0.15, 0.2) is 0 Å². The van der Waals surface area contributed by atoms with Crippen LogP contribution in [-0.2, 0) is 6.54 Å². The number of carbonyl (C=O) groups excluding carboxylic acids is 1.